The monoisotopic (exact) mass is 590 g/mol. The Labute approximate surface area is 228 Å². The number of halogens is 2. The molecule has 0 aromatic heterocycles. The Hall–Kier alpha value is 0.777. The molecular weight excluding hydrogens is 551 g/mol. The molecule has 2 nitrogen and oxygen atoms in total. The molecule has 7 heteroatoms. The molecule has 0 amide bonds. The maximum atomic E-state index is 6.69. The minimum atomic E-state index is -1.47. The van der Waals surface area contributed by atoms with Crippen LogP contribution in [0.2, 0.25) is 39.3 Å². The third-order valence-corrected chi connectivity index (χ3v) is 8.74. The van der Waals surface area contributed by atoms with Gasteiger partial charge in [-0.1, -0.05) is 49.2 Å². The summed E-state index contributed by atoms with van der Waals surface area (Å²) in [7, 11) is -2.94. The Morgan fingerprint density at radius 1 is 0.750 bits per heavy atom. The van der Waals surface area contributed by atoms with Crippen molar-refractivity contribution in [1.82, 2.24) is 0 Å². The predicted molar refractivity (Wildman–Crippen MR) is 142 cm³/mol. The fourth-order valence-corrected chi connectivity index (χ4v) is 6.43. The number of rotatable bonds is 12. The van der Waals surface area contributed by atoms with Crippen molar-refractivity contribution in [3.8, 4) is 0 Å². The Kier molecular flexibility index (Phi) is 12.2. The first-order valence-electron chi connectivity index (χ1n) is 11.7. The van der Waals surface area contributed by atoms with E-state index in [4.69, 9.17) is 32.1 Å². The van der Waals surface area contributed by atoms with Crippen LogP contribution in [0.25, 0.3) is 0 Å². The first-order chi connectivity index (χ1) is 14.2. The zero-order valence-electron chi connectivity index (χ0n) is 21.4. The van der Waals surface area contributed by atoms with Crippen LogP contribution < -0.4 is 0 Å². The minimum absolute atomic E-state index is 0. The van der Waals surface area contributed by atoms with E-state index in [1.807, 2.05) is 0 Å². The number of hydrogen-bond acceptors (Lipinski definition) is 2. The van der Waals surface area contributed by atoms with Crippen molar-refractivity contribution in [2.24, 2.45) is 5.41 Å². The van der Waals surface area contributed by atoms with Gasteiger partial charge in [0, 0.05) is 67.7 Å². The van der Waals surface area contributed by atoms with Crippen LogP contribution in [0.1, 0.15) is 52.4 Å². The second-order valence-corrected chi connectivity index (χ2v) is 21.1. The van der Waals surface area contributed by atoms with E-state index >= 15 is 0 Å². The molecule has 0 bridgehead atoms. The second kappa shape index (κ2) is 12.7. The molecule has 32 heavy (non-hydrogen) atoms. The zero-order valence-corrected chi connectivity index (χ0v) is 27.4. The van der Waals surface area contributed by atoms with Gasteiger partial charge in [0.15, 0.2) is 16.6 Å². The van der Waals surface area contributed by atoms with Crippen molar-refractivity contribution in [2.45, 2.75) is 91.7 Å². The van der Waals surface area contributed by atoms with Gasteiger partial charge >= 0.3 is 0 Å². The van der Waals surface area contributed by atoms with Crippen molar-refractivity contribution in [3.63, 3.8) is 0 Å². The fourth-order valence-electron chi connectivity index (χ4n) is 4.37. The largest absolute Gasteiger partial charge is 0.418 e. The summed E-state index contributed by atoms with van der Waals surface area (Å²) in [6.07, 6.45) is 10.3. The summed E-state index contributed by atoms with van der Waals surface area (Å²) in [5, 5.41) is 1.99. The first kappa shape index (κ1) is 30.8. The van der Waals surface area contributed by atoms with Gasteiger partial charge in [0.1, 0.15) is 0 Å². The quantitative estimate of drug-likeness (QED) is 0.166. The molecule has 2 rings (SSSR count). The third-order valence-electron chi connectivity index (χ3n) is 5.84. The molecule has 0 heterocycles. The summed E-state index contributed by atoms with van der Waals surface area (Å²) in [4.78, 5) is 0. The van der Waals surface area contributed by atoms with Crippen molar-refractivity contribution in [2.75, 3.05) is 13.2 Å². The van der Waals surface area contributed by atoms with Crippen molar-refractivity contribution >= 4 is 39.8 Å². The summed E-state index contributed by atoms with van der Waals surface area (Å²) in [5.41, 5.74) is 5.28. The van der Waals surface area contributed by atoms with Gasteiger partial charge in [-0.25, -0.2) is 0 Å². The van der Waals surface area contributed by atoms with Crippen LogP contribution in [0.4, 0.5) is 0 Å². The van der Waals surface area contributed by atoms with Crippen LogP contribution in [0.15, 0.2) is 44.5 Å². The predicted octanol–water partition coefficient (Wildman–Crippen LogP) is 8.92. The molecule has 0 aliphatic heterocycles. The zero-order chi connectivity index (χ0) is 23.4. The molecule has 0 aromatic carbocycles. The maximum Gasteiger partial charge on any atom is 0.183 e. The minimum Gasteiger partial charge on any atom is -0.418 e. The molecule has 0 saturated heterocycles. The number of hydrogen-bond donors (Lipinski definition) is 0. The third kappa shape index (κ3) is 9.09. The van der Waals surface area contributed by atoms with Crippen LogP contribution in [0.3, 0.4) is 0 Å². The Balaban J connectivity index is 0.00000512. The Morgan fingerprint density at radius 3 is 1.41 bits per heavy atom. The van der Waals surface area contributed by atoms with E-state index in [1.54, 1.807) is 0 Å². The first-order valence-corrected chi connectivity index (χ1v) is 19.2. The maximum absolute atomic E-state index is 6.69. The molecule has 2 aliphatic carbocycles. The summed E-state index contributed by atoms with van der Waals surface area (Å²) in [6.45, 7) is 19.7. The van der Waals surface area contributed by atoms with Gasteiger partial charge in [-0.05, 0) is 87.3 Å². The molecule has 0 atom stereocenters. The molecule has 2 aliphatic rings. The van der Waals surface area contributed by atoms with Gasteiger partial charge in [-0.15, -0.1) is 0 Å². The molecule has 180 valence electrons. The molecule has 0 N–H and O–H groups in total. The van der Waals surface area contributed by atoms with E-state index in [-0.39, 0.29) is 31.6 Å². The van der Waals surface area contributed by atoms with E-state index in [0.29, 0.717) is 0 Å². The normalized spacial score (nSPS) is 17.7. The SMILES string of the molecule is CC(C)(C1=CCC(Cl)=C1CCCO[Si](C)(C)C)C1=CCC(Cl)=C1CCCO[Si](C)(C)C.[Zr]. The molecule has 0 spiro atoms. The molecular formula is C25H42Cl2O2Si2Zr. The second-order valence-electron chi connectivity index (χ2n) is 11.2. The van der Waals surface area contributed by atoms with E-state index in [0.717, 1.165) is 61.8 Å². The summed E-state index contributed by atoms with van der Waals surface area (Å²) < 4.78 is 12.1. The molecule has 0 fully saturated rings. The summed E-state index contributed by atoms with van der Waals surface area (Å²) in [5.74, 6) is 0. The average Bonchev–Trinajstić information content (AvgIpc) is 3.18. The van der Waals surface area contributed by atoms with E-state index in [1.165, 1.54) is 22.3 Å². The van der Waals surface area contributed by atoms with Gasteiger partial charge in [0.2, 0.25) is 0 Å². The van der Waals surface area contributed by atoms with Crippen LogP contribution in [-0.2, 0) is 35.1 Å². The van der Waals surface area contributed by atoms with Crippen LogP contribution in [-0.4, -0.2) is 29.8 Å². The average molecular weight is 593 g/mol. The van der Waals surface area contributed by atoms with Gasteiger partial charge in [0.25, 0.3) is 0 Å². The van der Waals surface area contributed by atoms with Gasteiger partial charge in [0.05, 0.1) is 0 Å². The van der Waals surface area contributed by atoms with Crippen LogP contribution >= 0.6 is 23.2 Å². The van der Waals surface area contributed by atoms with Gasteiger partial charge in [-0.3, -0.25) is 0 Å². The van der Waals surface area contributed by atoms with Crippen LogP contribution in [0.5, 0.6) is 0 Å². The smallest absolute Gasteiger partial charge is 0.183 e. The molecule has 0 unspecified atom stereocenters. The summed E-state index contributed by atoms with van der Waals surface area (Å²) >= 11 is 13.4. The van der Waals surface area contributed by atoms with E-state index < -0.39 is 16.6 Å². The van der Waals surface area contributed by atoms with Gasteiger partial charge in [-0.2, -0.15) is 0 Å². The van der Waals surface area contributed by atoms with Gasteiger partial charge < -0.3 is 8.85 Å². The Morgan fingerprint density at radius 2 is 1.09 bits per heavy atom. The van der Waals surface area contributed by atoms with Crippen molar-refractivity contribution in [1.29, 1.82) is 0 Å². The van der Waals surface area contributed by atoms with Crippen molar-refractivity contribution in [3.05, 3.63) is 44.5 Å². The Bertz CT molecular complexity index is 721. The van der Waals surface area contributed by atoms with Crippen LogP contribution in [0, 0.1) is 5.41 Å². The molecule has 0 saturated carbocycles. The van der Waals surface area contributed by atoms with E-state index in [2.05, 4.69) is 65.3 Å². The fraction of sp³-hybridized carbons (Fsp3) is 0.680. The molecule has 0 aromatic rings. The van der Waals surface area contributed by atoms with Crippen molar-refractivity contribution < 1.29 is 35.1 Å². The molecule has 0 radical (unpaired) electrons. The number of allylic oxidation sites excluding steroid dienone is 8. The summed E-state index contributed by atoms with van der Waals surface area (Å²) in [6, 6.07) is 0. The topological polar surface area (TPSA) is 18.5 Å². The van der Waals surface area contributed by atoms with E-state index in [9.17, 15) is 0 Å². The standard InChI is InChI=1S/C25H42Cl2O2Si2.Zr/c1-25(2,21-13-15-23(26)19(21)11-9-17-28-30(3,4)5)22-14-16-24(27)20(22)12-10-18-29-31(6,7)8;/h13-14H,9-12,15-18H2,1-8H3;.